The van der Waals surface area contributed by atoms with Gasteiger partial charge in [0.05, 0.1) is 17.8 Å². The highest BCUT2D eigenvalue weighted by atomic mass is 16.5. The van der Waals surface area contributed by atoms with E-state index in [4.69, 9.17) is 4.74 Å². The van der Waals surface area contributed by atoms with E-state index in [0.717, 1.165) is 30.7 Å². The van der Waals surface area contributed by atoms with Crippen LogP contribution in [0.2, 0.25) is 0 Å². The van der Waals surface area contributed by atoms with Crippen molar-refractivity contribution in [3.05, 3.63) is 41.5 Å². The lowest BCUT2D eigenvalue weighted by Gasteiger charge is -2.60. The third kappa shape index (κ3) is 2.61. The molecule has 2 heterocycles. The summed E-state index contributed by atoms with van der Waals surface area (Å²) in [6.45, 7) is 7.14. The number of aromatic hydroxyl groups is 1. The first kappa shape index (κ1) is 23.4. The van der Waals surface area contributed by atoms with Crippen LogP contribution in [0.4, 0.5) is 0 Å². The smallest absolute Gasteiger partial charge is 0.115 e. The highest BCUT2D eigenvalue weighted by Crippen LogP contribution is 2.93. The van der Waals surface area contributed by atoms with Gasteiger partial charge in [0.15, 0.2) is 0 Å². The Labute approximate surface area is 227 Å². The van der Waals surface area contributed by atoms with Gasteiger partial charge in [0, 0.05) is 30.5 Å². The number of allylic oxidation sites excluding steroid dienone is 1. The maximum atomic E-state index is 10.4. The second-order valence-electron chi connectivity index (χ2n) is 15.6. The minimum absolute atomic E-state index is 0.145. The number of rotatable bonds is 2. The van der Waals surface area contributed by atoms with Crippen molar-refractivity contribution >= 4 is 0 Å². The summed E-state index contributed by atoms with van der Waals surface area (Å²) in [6, 6.07) is 8.45. The Kier molecular flexibility index (Phi) is 4.47. The van der Waals surface area contributed by atoms with Crippen LogP contribution in [0.5, 0.6) is 5.75 Å². The summed E-state index contributed by atoms with van der Waals surface area (Å²) in [5.41, 5.74) is 4.40. The zero-order valence-electron chi connectivity index (χ0n) is 23.2. The number of benzene rings is 1. The van der Waals surface area contributed by atoms with Crippen LogP contribution in [-0.4, -0.2) is 45.5 Å². The van der Waals surface area contributed by atoms with E-state index in [1.807, 2.05) is 12.1 Å². The van der Waals surface area contributed by atoms with E-state index in [1.165, 1.54) is 69.9 Å². The first-order valence-corrected chi connectivity index (χ1v) is 15.9. The lowest BCUT2D eigenvalue weighted by atomic mass is 9.47. The Morgan fingerprint density at radius 2 is 1.87 bits per heavy atom. The molecule has 1 aromatic carbocycles. The van der Waals surface area contributed by atoms with Gasteiger partial charge in [-0.15, -0.1) is 0 Å². The second-order valence-corrected chi connectivity index (χ2v) is 15.6. The standard InChI is InChI=1S/C34H45NO3/c1-20-13-29-30(35(17-20)18-21-3-6-23(36)7-4-21)28-16-33-19-32(33)15-27-25(26(32)10-12-34(28,33)38-29)8-5-22-14-24(37)9-11-31(22,27)2/h3-4,6-7,14,20,24-30,36-37H,5,8-13,15-19H2,1-2H3/t20-,24-,25-,26-,27-,28+,29+,30-,31-,32?,33?,34+/m0/s1. The van der Waals surface area contributed by atoms with Crippen LogP contribution in [-0.2, 0) is 11.3 Å². The van der Waals surface area contributed by atoms with Gasteiger partial charge >= 0.3 is 0 Å². The Bertz CT molecular complexity index is 1210. The maximum absolute atomic E-state index is 10.4. The Morgan fingerprint density at radius 3 is 2.71 bits per heavy atom. The summed E-state index contributed by atoms with van der Waals surface area (Å²) in [5, 5.41) is 20.2. The molecule has 4 heteroatoms. The molecule has 6 aliphatic carbocycles. The molecule has 0 bridgehead atoms. The van der Waals surface area contributed by atoms with Gasteiger partial charge in [-0.25, -0.2) is 0 Å². The van der Waals surface area contributed by atoms with E-state index in [0.29, 0.717) is 46.0 Å². The predicted molar refractivity (Wildman–Crippen MR) is 146 cm³/mol. The van der Waals surface area contributed by atoms with Crippen LogP contribution in [0.15, 0.2) is 35.9 Å². The van der Waals surface area contributed by atoms with Crippen molar-refractivity contribution in [3.63, 3.8) is 0 Å². The summed E-state index contributed by atoms with van der Waals surface area (Å²) in [6.07, 6.45) is 15.4. The molecule has 2 N–H and O–H groups in total. The van der Waals surface area contributed by atoms with E-state index in [-0.39, 0.29) is 11.7 Å². The molecule has 1 aromatic rings. The number of aliphatic hydroxyl groups is 1. The molecule has 0 radical (unpaired) electrons. The maximum Gasteiger partial charge on any atom is 0.115 e. The molecule has 0 amide bonds. The van der Waals surface area contributed by atoms with Crippen molar-refractivity contribution in [2.45, 2.75) is 108 Å². The summed E-state index contributed by atoms with van der Waals surface area (Å²) in [4.78, 5) is 2.78. The van der Waals surface area contributed by atoms with Gasteiger partial charge in [-0.2, -0.15) is 0 Å². The number of nitrogens with zero attached hydrogens (tertiary/aromatic N) is 1. The normalized spacial score (nSPS) is 55.7. The van der Waals surface area contributed by atoms with Crippen molar-refractivity contribution < 1.29 is 14.9 Å². The summed E-state index contributed by atoms with van der Waals surface area (Å²) >= 11 is 0. The van der Waals surface area contributed by atoms with Gasteiger partial charge in [0.2, 0.25) is 0 Å². The van der Waals surface area contributed by atoms with Gasteiger partial charge in [-0.1, -0.05) is 37.6 Å². The van der Waals surface area contributed by atoms with Crippen LogP contribution in [0, 0.1) is 45.8 Å². The fourth-order valence-corrected chi connectivity index (χ4v) is 13.0. The van der Waals surface area contributed by atoms with E-state index in [1.54, 1.807) is 5.57 Å². The average Bonchev–Trinajstić information content (AvgIpc) is 3.37. The minimum Gasteiger partial charge on any atom is -0.508 e. The van der Waals surface area contributed by atoms with Gasteiger partial charge in [-0.05, 0) is 116 Å². The molecule has 4 nitrogen and oxygen atoms in total. The number of likely N-dealkylation sites (tertiary alicyclic amines) is 1. The van der Waals surface area contributed by atoms with Crippen LogP contribution in [0.3, 0.4) is 0 Å². The van der Waals surface area contributed by atoms with Crippen molar-refractivity contribution in [1.82, 2.24) is 4.90 Å². The summed E-state index contributed by atoms with van der Waals surface area (Å²) in [7, 11) is 0. The van der Waals surface area contributed by atoms with E-state index in [9.17, 15) is 10.2 Å². The lowest BCUT2D eigenvalue weighted by Crippen LogP contribution is -2.64. The molecule has 204 valence electrons. The zero-order valence-corrected chi connectivity index (χ0v) is 23.2. The Hall–Kier alpha value is -1.36. The molecule has 7 fully saturated rings. The van der Waals surface area contributed by atoms with Gasteiger partial charge in [0.25, 0.3) is 0 Å². The summed E-state index contributed by atoms with van der Waals surface area (Å²) in [5.74, 6) is 4.38. The lowest BCUT2D eigenvalue weighted by molar-refractivity contribution is -0.211. The van der Waals surface area contributed by atoms with Gasteiger partial charge in [0.1, 0.15) is 5.75 Å². The number of hydrogen-bond acceptors (Lipinski definition) is 4. The highest BCUT2D eigenvalue weighted by Gasteiger charge is 2.91. The van der Waals surface area contributed by atoms with Crippen LogP contribution < -0.4 is 0 Å². The molecule has 9 rings (SSSR count). The van der Waals surface area contributed by atoms with E-state index in [2.05, 4.69) is 37.0 Å². The van der Waals surface area contributed by atoms with E-state index < -0.39 is 0 Å². The van der Waals surface area contributed by atoms with E-state index >= 15 is 0 Å². The SMILES string of the molecule is C[C@H]1C[C@H]2O[C@@]34CC[C@H]5[C@@H]6CCC7=C[C@@H](O)CC[C@]7(C)[C@H]6CC56CC63C[C@@H]4[C@@H]2N(Cc2ccc(O)cc2)C1. The zero-order chi connectivity index (χ0) is 25.7. The Morgan fingerprint density at radius 1 is 1.03 bits per heavy atom. The van der Waals surface area contributed by atoms with Crippen molar-refractivity contribution in [1.29, 1.82) is 0 Å². The fourth-order valence-electron chi connectivity index (χ4n) is 13.0. The number of ether oxygens (including phenoxy) is 1. The molecule has 3 spiro atoms. The first-order valence-electron chi connectivity index (χ1n) is 15.9. The van der Waals surface area contributed by atoms with Gasteiger partial charge in [-0.3, -0.25) is 4.90 Å². The van der Waals surface area contributed by atoms with Crippen LogP contribution >= 0.6 is 0 Å². The first-order chi connectivity index (χ1) is 18.3. The van der Waals surface area contributed by atoms with Crippen molar-refractivity contribution in [2.24, 2.45) is 45.8 Å². The number of phenolic OH excluding ortho intramolecular Hbond substituents is 1. The molecular formula is C34H45NO3. The summed E-state index contributed by atoms with van der Waals surface area (Å²) < 4.78 is 7.43. The number of hydrogen-bond donors (Lipinski definition) is 2. The number of phenols is 1. The number of fused-ring (bicyclic) bond motifs is 6. The average molecular weight is 516 g/mol. The molecule has 12 atom stereocenters. The molecule has 2 unspecified atom stereocenters. The minimum atomic E-state index is -0.207. The largest absolute Gasteiger partial charge is 0.508 e. The quantitative estimate of drug-likeness (QED) is 0.470. The second kappa shape index (κ2) is 7.28. The number of piperidine rings is 1. The molecule has 0 aromatic heterocycles. The highest BCUT2D eigenvalue weighted by molar-refractivity contribution is 5.42. The molecular weight excluding hydrogens is 470 g/mol. The topological polar surface area (TPSA) is 52.9 Å². The van der Waals surface area contributed by atoms with Crippen molar-refractivity contribution in [3.8, 4) is 5.75 Å². The van der Waals surface area contributed by atoms with Crippen LogP contribution in [0.1, 0.15) is 83.6 Å². The van der Waals surface area contributed by atoms with Crippen molar-refractivity contribution in [2.75, 3.05) is 6.54 Å². The molecule has 38 heavy (non-hydrogen) atoms. The third-order valence-corrected chi connectivity index (χ3v) is 14.3. The third-order valence-electron chi connectivity index (χ3n) is 14.3. The molecule has 5 saturated carbocycles. The van der Waals surface area contributed by atoms with Gasteiger partial charge < -0.3 is 14.9 Å². The molecule has 2 aliphatic heterocycles. The van der Waals surface area contributed by atoms with Crippen LogP contribution in [0.25, 0.3) is 0 Å². The number of aliphatic hydroxyl groups excluding tert-OH is 1. The Balaban J connectivity index is 1.02. The molecule has 2 saturated heterocycles. The molecule has 8 aliphatic rings. The monoisotopic (exact) mass is 515 g/mol. The fraction of sp³-hybridized carbons (Fsp3) is 0.765. The predicted octanol–water partition coefficient (Wildman–Crippen LogP) is 6.06.